The number of amides is 1. The van der Waals surface area contributed by atoms with E-state index in [-0.39, 0.29) is 18.2 Å². The highest BCUT2D eigenvalue weighted by atomic mass is 32.2. The van der Waals surface area contributed by atoms with E-state index >= 15 is 0 Å². The highest BCUT2D eigenvalue weighted by Gasteiger charge is 2.12. The highest BCUT2D eigenvalue weighted by Crippen LogP contribution is 2.27. The first-order chi connectivity index (χ1) is 9.74. The Morgan fingerprint density at radius 2 is 2.15 bits per heavy atom. The Morgan fingerprint density at radius 3 is 2.85 bits per heavy atom. The summed E-state index contributed by atoms with van der Waals surface area (Å²) in [6, 6.07) is 10.9. The topological polar surface area (TPSA) is 68.3 Å². The number of nitrogens with one attached hydrogen (secondary N) is 1. The molecule has 5 heteroatoms. The van der Waals surface area contributed by atoms with Gasteiger partial charge in [-0.1, -0.05) is 18.2 Å². The Bertz CT molecular complexity index is 607. The molecule has 0 atom stereocenters. The average Bonchev–Trinajstić information content (AvgIpc) is 2.95. The van der Waals surface area contributed by atoms with E-state index in [2.05, 4.69) is 11.9 Å². The van der Waals surface area contributed by atoms with Crippen LogP contribution in [0.2, 0.25) is 0 Å². The lowest BCUT2D eigenvalue weighted by Crippen LogP contribution is -2.11. The van der Waals surface area contributed by atoms with Crippen molar-refractivity contribution < 1.29 is 9.21 Å². The molecule has 3 N–H and O–H groups in total. The van der Waals surface area contributed by atoms with Gasteiger partial charge >= 0.3 is 0 Å². The normalized spacial score (nSPS) is 10.2. The molecule has 20 heavy (non-hydrogen) atoms. The van der Waals surface area contributed by atoms with E-state index < -0.39 is 0 Å². The number of hydrogen-bond acceptors (Lipinski definition) is 4. The van der Waals surface area contributed by atoms with Gasteiger partial charge in [0.2, 0.25) is 0 Å². The minimum Gasteiger partial charge on any atom is -0.455 e. The summed E-state index contributed by atoms with van der Waals surface area (Å²) in [7, 11) is 0. The summed E-state index contributed by atoms with van der Waals surface area (Å²) in [5.74, 6) is 1.35. The molecular formula is C15H16N2O2S. The number of nitrogens with two attached hydrogens (primary N) is 1. The molecule has 0 saturated heterocycles. The van der Waals surface area contributed by atoms with Crippen LogP contribution in [0.25, 0.3) is 0 Å². The molecule has 0 aliphatic carbocycles. The van der Waals surface area contributed by atoms with Crippen LogP contribution in [0, 0.1) is 0 Å². The lowest BCUT2D eigenvalue weighted by Gasteiger charge is -2.08. The van der Waals surface area contributed by atoms with Crippen molar-refractivity contribution in [2.75, 3.05) is 11.1 Å². The molecule has 1 heterocycles. The number of thioether (sulfide) groups is 1. The number of benzene rings is 1. The van der Waals surface area contributed by atoms with Gasteiger partial charge in [-0.15, -0.1) is 18.3 Å². The van der Waals surface area contributed by atoms with Crippen LogP contribution < -0.4 is 11.1 Å². The van der Waals surface area contributed by atoms with Gasteiger partial charge in [0, 0.05) is 10.6 Å². The van der Waals surface area contributed by atoms with E-state index in [1.54, 1.807) is 23.9 Å². The van der Waals surface area contributed by atoms with Gasteiger partial charge in [-0.3, -0.25) is 4.79 Å². The monoisotopic (exact) mass is 288 g/mol. The van der Waals surface area contributed by atoms with Gasteiger partial charge in [0.25, 0.3) is 5.91 Å². The summed E-state index contributed by atoms with van der Waals surface area (Å²) in [5, 5.41) is 2.84. The number of para-hydroxylation sites is 1. The summed E-state index contributed by atoms with van der Waals surface area (Å²) in [6.07, 6.45) is 1.82. The average molecular weight is 288 g/mol. The molecule has 0 radical (unpaired) electrons. The van der Waals surface area contributed by atoms with Gasteiger partial charge in [-0.25, -0.2) is 0 Å². The van der Waals surface area contributed by atoms with Crippen LogP contribution in [0.1, 0.15) is 16.3 Å². The Morgan fingerprint density at radius 1 is 1.35 bits per heavy atom. The lowest BCUT2D eigenvalue weighted by molar-refractivity contribution is 0.0995. The fourth-order valence-corrected chi connectivity index (χ4v) is 2.38. The SMILES string of the molecule is C=CCSc1ccccc1NC(=O)c1ccc(CN)o1. The predicted octanol–water partition coefficient (Wildman–Crippen LogP) is 3.27. The maximum Gasteiger partial charge on any atom is 0.291 e. The van der Waals surface area contributed by atoms with Crippen molar-refractivity contribution in [1.29, 1.82) is 0 Å². The van der Waals surface area contributed by atoms with Crippen LogP contribution in [0.5, 0.6) is 0 Å². The Balaban J connectivity index is 2.12. The third kappa shape index (κ3) is 3.53. The lowest BCUT2D eigenvalue weighted by atomic mass is 10.3. The van der Waals surface area contributed by atoms with Crippen molar-refractivity contribution in [2.45, 2.75) is 11.4 Å². The number of rotatable bonds is 6. The zero-order valence-electron chi connectivity index (χ0n) is 11.0. The summed E-state index contributed by atoms with van der Waals surface area (Å²) >= 11 is 1.61. The second-order valence-corrected chi connectivity index (χ2v) is 5.08. The molecule has 2 rings (SSSR count). The molecule has 0 aliphatic heterocycles. The van der Waals surface area contributed by atoms with Crippen molar-refractivity contribution in [3.63, 3.8) is 0 Å². The molecule has 0 bridgehead atoms. The Kier molecular flexibility index (Phi) is 5.03. The third-order valence-electron chi connectivity index (χ3n) is 2.58. The first-order valence-corrected chi connectivity index (χ1v) is 7.16. The van der Waals surface area contributed by atoms with Crippen molar-refractivity contribution >= 4 is 23.4 Å². The van der Waals surface area contributed by atoms with Crippen molar-refractivity contribution in [3.05, 3.63) is 60.6 Å². The molecule has 104 valence electrons. The van der Waals surface area contributed by atoms with Crippen molar-refractivity contribution in [3.8, 4) is 0 Å². The van der Waals surface area contributed by atoms with Gasteiger partial charge in [0.05, 0.1) is 12.2 Å². The van der Waals surface area contributed by atoms with Gasteiger partial charge in [0.1, 0.15) is 5.76 Å². The van der Waals surface area contributed by atoms with Crippen LogP contribution in [0.15, 0.2) is 58.4 Å². The molecule has 2 aromatic rings. The van der Waals surface area contributed by atoms with Crippen LogP contribution >= 0.6 is 11.8 Å². The van der Waals surface area contributed by atoms with Crippen LogP contribution in [0.3, 0.4) is 0 Å². The fourth-order valence-electron chi connectivity index (χ4n) is 1.64. The van der Waals surface area contributed by atoms with Crippen LogP contribution in [0.4, 0.5) is 5.69 Å². The quantitative estimate of drug-likeness (QED) is 0.632. The van der Waals surface area contributed by atoms with Crippen LogP contribution in [-0.2, 0) is 6.54 Å². The molecule has 0 unspecified atom stereocenters. The molecule has 1 aromatic heterocycles. The van der Waals surface area contributed by atoms with E-state index in [9.17, 15) is 4.79 Å². The van der Waals surface area contributed by atoms with E-state index in [0.29, 0.717) is 5.76 Å². The molecule has 0 fully saturated rings. The smallest absolute Gasteiger partial charge is 0.291 e. The Hall–Kier alpha value is -1.98. The summed E-state index contributed by atoms with van der Waals surface area (Å²) in [4.78, 5) is 13.1. The molecule has 4 nitrogen and oxygen atoms in total. The summed E-state index contributed by atoms with van der Waals surface area (Å²) < 4.78 is 5.33. The van der Waals surface area contributed by atoms with Gasteiger partial charge in [-0.05, 0) is 24.3 Å². The van der Waals surface area contributed by atoms with Crippen LogP contribution in [-0.4, -0.2) is 11.7 Å². The second-order valence-electron chi connectivity index (χ2n) is 4.02. The third-order valence-corrected chi connectivity index (χ3v) is 3.65. The first-order valence-electron chi connectivity index (χ1n) is 6.17. The minimum atomic E-state index is -0.281. The number of anilines is 1. The van der Waals surface area contributed by atoms with E-state index in [1.807, 2.05) is 30.3 Å². The van der Waals surface area contributed by atoms with Gasteiger partial charge in [-0.2, -0.15) is 0 Å². The Labute approximate surface area is 122 Å². The van der Waals surface area contributed by atoms with Gasteiger partial charge < -0.3 is 15.5 Å². The van der Waals surface area contributed by atoms with E-state index in [0.717, 1.165) is 16.3 Å². The van der Waals surface area contributed by atoms with Crippen molar-refractivity contribution in [1.82, 2.24) is 0 Å². The maximum atomic E-state index is 12.1. The van der Waals surface area contributed by atoms with Gasteiger partial charge in [0.15, 0.2) is 5.76 Å². The zero-order valence-corrected chi connectivity index (χ0v) is 11.8. The largest absolute Gasteiger partial charge is 0.455 e. The standard InChI is InChI=1S/C15H16N2O2S/c1-2-9-20-14-6-4-3-5-12(14)17-15(18)13-8-7-11(10-16)19-13/h2-8H,1,9-10,16H2,(H,17,18). The number of carbonyl (C=O) groups excluding carboxylic acids is 1. The fraction of sp³-hybridized carbons (Fsp3) is 0.133. The summed E-state index contributed by atoms with van der Waals surface area (Å²) in [5.41, 5.74) is 6.22. The van der Waals surface area contributed by atoms with E-state index in [4.69, 9.17) is 10.2 Å². The molecular weight excluding hydrogens is 272 g/mol. The minimum absolute atomic E-state index is 0.258. The number of furan rings is 1. The zero-order chi connectivity index (χ0) is 14.4. The molecule has 1 amide bonds. The molecule has 0 saturated carbocycles. The molecule has 1 aromatic carbocycles. The second kappa shape index (κ2) is 6.98. The highest BCUT2D eigenvalue weighted by molar-refractivity contribution is 7.99. The molecule has 0 spiro atoms. The summed E-state index contributed by atoms with van der Waals surface area (Å²) in [6.45, 7) is 3.97. The number of carbonyl (C=O) groups is 1. The van der Waals surface area contributed by atoms with E-state index in [1.165, 1.54) is 0 Å². The predicted molar refractivity (Wildman–Crippen MR) is 81.9 cm³/mol. The number of hydrogen-bond donors (Lipinski definition) is 2. The maximum absolute atomic E-state index is 12.1. The first kappa shape index (κ1) is 14.4. The molecule has 0 aliphatic rings. The van der Waals surface area contributed by atoms with Crippen molar-refractivity contribution in [2.24, 2.45) is 5.73 Å².